The number of halogens is 2. The topological polar surface area (TPSA) is 21.3 Å². The zero-order valence-corrected chi connectivity index (χ0v) is 12.4. The third-order valence-corrected chi connectivity index (χ3v) is 3.30. The predicted molar refractivity (Wildman–Crippen MR) is 77.1 cm³/mol. The molecule has 0 heterocycles. The lowest BCUT2D eigenvalue weighted by Gasteiger charge is -2.08. The van der Waals surface area contributed by atoms with Crippen molar-refractivity contribution >= 4 is 22.0 Å². The fourth-order valence-corrected chi connectivity index (χ4v) is 2.01. The first-order valence-corrected chi connectivity index (χ1v) is 6.80. The second-order valence-corrected chi connectivity index (χ2v) is 4.85. The summed E-state index contributed by atoms with van der Waals surface area (Å²) in [5.41, 5.74) is 2.28. The van der Waals surface area contributed by atoms with Crippen LogP contribution in [0.15, 0.2) is 28.2 Å². The summed E-state index contributed by atoms with van der Waals surface area (Å²) in [5, 5.41) is 3.31. The Balaban J connectivity index is 2.65. The first-order valence-electron chi connectivity index (χ1n) is 6.01. The number of rotatable bonds is 7. The average molecular weight is 316 g/mol. The van der Waals surface area contributed by atoms with Gasteiger partial charge in [-0.05, 0) is 24.1 Å². The SMILES string of the molecule is CC/C(=C/c1ccc(F)cc1Br)CNCCOC. The molecular weight excluding hydrogens is 297 g/mol. The molecule has 0 aromatic heterocycles. The molecule has 1 rings (SSSR count). The van der Waals surface area contributed by atoms with Gasteiger partial charge in [0.1, 0.15) is 5.82 Å². The largest absolute Gasteiger partial charge is 0.383 e. The lowest BCUT2D eigenvalue weighted by molar-refractivity contribution is 0.200. The Hall–Kier alpha value is -0.710. The molecule has 0 amide bonds. The molecule has 0 unspecified atom stereocenters. The van der Waals surface area contributed by atoms with Crippen molar-refractivity contribution in [3.63, 3.8) is 0 Å². The van der Waals surface area contributed by atoms with E-state index in [2.05, 4.69) is 34.2 Å². The van der Waals surface area contributed by atoms with E-state index in [9.17, 15) is 4.39 Å². The highest BCUT2D eigenvalue weighted by molar-refractivity contribution is 9.10. The number of methoxy groups -OCH3 is 1. The van der Waals surface area contributed by atoms with Crippen LogP contribution in [0, 0.1) is 5.82 Å². The number of benzene rings is 1. The Kier molecular flexibility index (Phi) is 7.16. The molecule has 0 aliphatic rings. The van der Waals surface area contributed by atoms with Gasteiger partial charge in [0.2, 0.25) is 0 Å². The van der Waals surface area contributed by atoms with Crippen molar-refractivity contribution in [3.05, 3.63) is 39.6 Å². The smallest absolute Gasteiger partial charge is 0.124 e. The van der Waals surface area contributed by atoms with E-state index in [1.54, 1.807) is 13.2 Å². The molecule has 1 aromatic carbocycles. The molecule has 0 aliphatic carbocycles. The van der Waals surface area contributed by atoms with E-state index >= 15 is 0 Å². The molecule has 0 atom stereocenters. The van der Waals surface area contributed by atoms with Gasteiger partial charge in [0.05, 0.1) is 6.61 Å². The van der Waals surface area contributed by atoms with Gasteiger partial charge < -0.3 is 10.1 Å². The maximum absolute atomic E-state index is 13.0. The van der Waals surface area contributed by atoms with Crippen LogP contribution in [0.5, 0.6) is 0 Å². The van der Waals surface area contributed by atoms with Crippen molar-refractivity contribution in [1.82, 2.24) is 5.32 Å². The lowest BCUT2D eigenvalue weighted by Crippen LogP contribution is -2.21. The van der Waals surface area contributed by atoms with E-state index in [-0.39, 0.29) is 5.82 Å². The van der Waals surface area contributed by atoms with Gasteiger partial charge in [-0.3, -0.25) is 0 Å². The number of nitrogens with one attached hydrogen (secondary N) is 1. The third kappa shape index (κ3) is 5.29. The summed E-state index contributed by atoms with van der Waals surface area (Å²) in [4.78, 5) is 0. The number of hydrogen-bond acceptors (Lipinski definition) is 2. The fourth-order valence-electron chi connectivity index (χ4n) is 1.54. The quantitative estimate of drug-likeness (QED) is 0.776. The van der Waals surface area contributed by atoms with Crippen LogP contribution in [-0.2, 0) is 4.74 Å². The van der Waals surface area contributed by atoms with Crippen LogP contribution >= 0.6 is 15.9 Å². The van der Waals surface area contributed by atoms with Gasteiger partial charge >= 0.3 is 0 Å². The molecule has 0 fully saturated rings. The van der Waals surface area contributed by atoms with Crippen molar-refractivity contribution in [2.45, 2.75) is 13.3 Å². The molecule has 4 heteroatoms. The van der Waals surface area contributed by atoms with E-state index in [1.807, 2.05) is 0 Å². The molecular formula is C14H19BrFNO. The Morgan fingerprint density at radius 1 is 1.50 bits per heavy atom. The average Bonchev–Trinajstić information content (AvgIpc) is 2.35. The zero-order chi connectivity index (χ0) is 13.4. The van der Waals surface area contributed by atoms with Crippen LogP contribution < -0.4 is 5.32 Å². The van der Waals surface area contributed by atoms with Crippen LogP contribution in [0.1, 0.15) is 18.9 Å². The van der Waals surface area contributed by atoms with Crippen LogP contribution in [0.2, 0.25) is 0 Å². The van der Waals surface area contributed by atoms with Crippen molar-refractivity contribution < 1.29 is 9.13 Å². The van der Waals surface area contributed by atoms with Crippen LogP contribution in [0.4, 0.5) is 4.39 Å². The van der Waals surface area contributed by atoms with Crippen LogP contribution in [0.3, 0.4) is 0 Å². The van der Waals surface area contributed by atoms with Gasteiger partial charge in [0.25, 0.3) is 0 Å². The van der Waals surface area contributed by atoms with Crippen molar-refractivity contribution in [2.75, 3.05) is 26.8 Å². The predicted octanol–water partition coefficient (Wildman–Crippen LogP) is 3.62. The molecule has 1 aromatic rings. The van der Waals surface area contributed by atoms with Crippen molar-refractivity contribution in [2.24, 2.45) is 0 Å². The van der Waals surface area contributed by atoms with E-state index in [1.165, 1.54) is 17.7 Å². The van der Waals surface area contributed by atoms with Crippen molar-refractivity contribution in [1.29, 1.82) is 0 Å². The minimum absolute atomic E-state index is 0.227. The second-order valence-electron chi connectivity index (χ2n) is 3.99. The summed E-state index contributed by atoms with van der Waals surface area (Å²) in [6.45, 7) is 4.47. The van der Waals surface area contributed by atoms with Gasteiger partial charge in [-0.2, -0.15) is 0 Å². The molecule has 0 spiro atoms. The van der Waals surface area contributed by atoms with E-state index in [0.29, 0.717) is 6.61 Å². The molecule has 0 saturated carbocycles. The standard InChI is InChI=1S/C14H19BrFNO/c1-3-11(10-17-6-7-18-2)8-12-4-5-13(16)9-14(12)15/h4-5,8-9,17H,3,6-7,10H2,1-2H3/b11-8-. The fraction of sp³-hybridized carbons (Fsp3) is 0.429. The highest BCUT2D eigenvalue weighted by atomic mass is 79.9. The Morgan fingerprint density at radius 2 is 2.28 bits per heavy atom. The monoisotopic (exact) mass is 315 g/mol. The summed E-state index contributed by atoms with van der Waals surface area (Å²) < 4.78 is 18.7. The lowest BCUT2D eigenvalue weighted by atomic mass is 10.1. The Labute approximate surface area is 116 Å². The first-order chi connectivity index (χ1) is 8.67. The third-order valence-electron chi connectivity index (χ3n) is 2.61. The molecule has 0 aliphatic heterocycles. The molecule has 2 nitrogen and oxygen atoms in total. The van der Waals surface area contributed by atoms with Gasteiger partial charge in [-0.15, -0.1) is 0 Å². The maximum atomic E-state index is 13.0. The molecule has 100 valence electrons. The minimum Gasteiger partial charge on any atom is -0.383 e. The Morgan fingerprint density at radius 3 is 2.89 bits per heavy atom. The Bertz CT molecular complexity index is 407. The molecule has 1 N–H and O–H groups in total. The van der Waals surface area contributed by atoms with E-state index in [4.69, 9.17) is 4.74 Å². The molecule has 0 saturated heterocycles. The summed E-state index contributed by atoms with van der Waals surface area (Å²) in [6, 6.07) is 4.74. The van der Waals surface area contributed by atoms with Gasteiger partial charge in [-0.25, -0.2) is 4.39 Å². The van der Waals surface area contributed by atoms with Crippen LogP contribution in [-0.4, -0.2) is 26.8 Å². The molecule has 0 bridgehead atoms. The van der Waals surface area contributed by atoms with Gasteiger partial charge in [-0.1, -0.05) is 40.6 Å². The van der Waals surface area contributed by atoms with Gasteiger partial charge in [0.15, 0.2) is 0 Å². The maximum Gasteiger partial charge on any atom is 0.124 e. The number of ether oxygens (including phenoxy) is 1. The molecule has 0 radical (unpaired) electrons. The van der Waals surface area contributed by atoms with Crippen LogP contribution in [0.25, 0.3) is 6.08 Å². The number of hydrogen-bond donors (Lipinski definition) is 1. The van der Waals surface area contributed by atoms with E-state index < -0.39 is 0 Å². The van der Waals surface area contributed by atoms with Crippen molar-refractivity contribution in [3.8, 4) is 0 Å². The summed E-state index contributed by atoms with van der Waals surface area (Å²) >= 11 is 3.37. The second kappa shape index (κ2) is 8.40. The highest BCUT2D eigenvalue weighted by Gasteiger charge is 2.01. The zero-order valence-electron chi connectivity index (χ0n) is 10.8. The minimum atomic E-state index is -0.227. The highest BCUT2D eigenvalue weighted by Crippen LogP contribution is 2.21. The summed E-state index contributed by atoms with van der Waals surface area (Å²) in [5.74, 6) is -0.227. The van der Waals surface area contributed by atoms with Gasteiger partial charge in [0, 0.05) is 24.7 Å². The molecule has 18 heavy (non-hydrogen) atoms. The summed E-state index contributed by atoms with van der Waals surface area (Å²) in [7, 11) is 1.69. The normalized spacial score (nSPS) is 11.9. The van der Waals surface area contributed by atoms with E-state index in [0.717, 1.165) is 29.5 Å². The first kappa shape index (κ1) is 15.3. The summed E-state index contributed by atoms with van der Waals surface area (Å²) in [6.07, 6.45) is 3.05.